The smallest absolute Gasteiger partial charge is 0.420 e. The number of hydrogen-bond donors (Lipinski definition) is 0. The first-order valence-corrected chi connectivity index (χ1v) is 19.2. The van der Waals surface area contributed by atoms with Crippen LogP contribution in [0.5, 0.6) is 0 Å². The Balaban J connectivity index is 0.988. The molecular weight excluding hydrogens is 729 g/mol. The van der Waals surface area contributed by atoms with E-state index in [1.807, 2.05) is 93.6 Å². The van der Waals surface area contributed by atoms with Crippen LogP contribution in [-0.2, 0) is 9.47 Å². The first-order valence-electron chi connectivity index (χ1n) is 17.6. The molecule has 10 nitrogen and oxygen atoms in total. The minimum atomic E-state index is -0.667. The van der Waals surface area contributed by atoms with Crippen molar-refractivity contribution in [1.29, 1.82) is 0 Å². The van der Waals surface area contributed by atoms with Crippen LogP contribution in [0.15, 0.2) is 109 Å². The molecule has 0 aliphatic rings. The van der Waals surface area contributed by atoms with Gasteiger partial charge in [-0.15, -0.1) is 22.7 Å². The third-order valence-corrected chi connectivity index (χ3v) is 11.9. The zero-order valence-electron chi connectivity index (χ0n) is 30.0. The molecule has 0 saturated heterocycles. The van der Waals surface area contributed by atoms with Crippen molar-refractivity contribution >= 4 is 101 Å². The SMILES string of the molecule is COC(=O)n1c2ccccc2c2nc3ccc(-c4ccc(-c5ccc(-c6ccc7nc8c9ccccc9n(C(=O)OC(C)(C)C)c8nc7c6)s5)s4)cc3nc21. The number of rotatable bonds is 3. The van der Waals surface area contributed by atoms with Crippen molar-refractivity contribution in [2.24, 2.45) is 0 Å². The van der Waals surface area contributed by atoms with Gasteiger partial charge in [-0.2, -0.15) is 0 Å². The zero-order valence-corrected chi connectivity index (χ0v) is 31.7. The van der Waals surface area contributed by atoms with Gasteiger partial charge >= 0.3 is 12.2 Å². The Hall–Kier alpha value is -6.50. The van der Waals surface area contributed by atoms with Crippen molar-refractivity contribution in [2.45, 2.75) is 26.4 Å². The molecule has 0 saturated carbocycles. The fraction of sp³-hybridized carbons (Fsp3) is 0.116. The largest absolute Gasteiger partial charge is 0.452 e. The van der Waals surface area contributed by atoms with Crippen LogP contribution in [0.2, 0.25) is 0 Å². The van der Waals surface area contributed by atoms with Crippen LogP contribution < -0.4 is 0 Å². The number of benzene rings is 4. The van der Waals surface area contributed by atoms with E-state index in [9.17, 15) is 9.59 Å². The van der Waals surface area contributed by atoms with E-state index < -0.39 is 17.8 Å². The number of carbonyl (C=O) groups excluding carboxylic acids is 2. The van der Waals surface area contributed by atoms with Crippen molar-refractivity contribution in [3.05, 3.63) is 109 Å². The molecular formula is C43H30N6O4S2. The van der Waals surface area contributed by atoms with Crippen molar-refractivity contribution in [2.75, 3.05) is 7.11 Å². The second kappa shape index (κ2) is 12.3. The lowest BCUT2D eigenvalue weighted by Crippen LogP contribution is -2.27. The molecule has 0 fully saturated rings. The van der Waals surface area contributed by atoms with Gasteiger partial charge in [0, 0.05) is 30.3 Å². The molecule has 0 amide bonds. The molecule has 6 aromatic heterocycles. The number of para-hydroxylation sites is 2. The molecule has 0 bridgehead atoms. The van der Waals surface area contributed by atoms with Gasteiger partial charge in [-0.1, -0.05) is 48.5 Å². The Morgan fingerprint density at radius 2 is 1.00 bits per heavy atom. The third-order valence-electron chi connectivity index (χ3n) is 9.47. The molecule has 10 rings (SSSR count). The molecule has 0 atom stereocenters. The summed E-state index contributed by atoms with van der Waals surface area (Å²) in [6.07, 6.45) is -0.997. The molecule has 12 heteroatoms. The lowest BCUT2D eigenvalue weighted by atomic mass is 10.1. The van der Waals surface area contributed by atoms with Crippen LogP contribution in [-0.4, -0.2) is 54.0 Å². The van der Waals surface area contributed by atoms with Crippen LogP contribution in [0.3, 0.4) is 0 Å². The van der Waals surface area contributed by atoms with Crippen molar-refractivity contribution < 1.29 is 19.1 Å². The zero-order chi connectivity index (χ0) is 37.6. The number of fused-ring (bicyclic) bond motifs is 8. The van der Waals surface area contributed by atoms with Gasteiger partial charge < -0.3 is 9.47 Å². The van der Waals surface area contributed by atoms with Gasteiger partial charge in [0.25, 0.3) is 0 Å². The highest BCUT2D eigenvalue weighted by atomic mass is 32.1. The monoisotopic (exact) mass is 758 g/mol. The topological polar surface area (TPSA) is 114 Å². The summed E-state index contributed by atoms with van der Waals surface area (Å²) in [5, 5.41) is 1.69. The van der Waals surface area contributed by atoms with E-state index in [2.05, 4.69) is 36.4 Å². The van der Waals surface area contributed by atoms with Gasteiger partial charge in [0.15, 0.2) is 11.3 Å². The average molecular weight is 759 g/mol. The highest BCUT2D eigenvalue weighted by molar-refractivity contribution is 7.25. The van der Waals surface area contributed by atoms with E-state index in [-0.39, 0.29) is 0 Å². The number of ether oxygens (including phenoxy) is 2. The molecule has 0 aliphatic carbocycles. The number of nitrogens with zero attached hydrogens (tertiary/aromatic N) is 6. The fourth-order valence-electron chi connectivity index (χ4n) is 7.06. The highest BCUT2D eigenvalue weighted by Crippen LogP contribution is 2.41. The van der Waals surface area contributed by atoms with Gasteiger partial charge in [0.2, 0.25) is 0 Å². The number of aromatic nitrogens is 6. The maximum Gasteiger partial charge on any atom is 0.420 e. The van der Waals surface area contributed by atoms with Gasteiger partial charge in [0.05, 0.1) is 40.2 Å². The quantitative estimate of drug-likeness (QED) is 0.175. The summed E-state index contributed by atoms with van der Waals surface area (Å²) >= 11 is 3.41. The number of hydrogen-bond acceptors (Lipinski definition) is 10. The van der Waals surface area contributed by atoms with Gasteiger partial charge in [-0.05, 0) is 92.6 Å². The van der Waals surface area contributed by atoms with E-state index >= 15 is 0 Å². The summed E-state index contributed by atoms with van der Waals surface area (Å²) in [5.74, 6) is 0. The normalized spacial score (nSPS) is 12.1. The predicted molar refractivity (Wildman–Crippen MR) is 220 cm³/mol. The lowest BCUT2D eigenvalue weighted by molar-refractivity contribution is 0.0550. The second-order valence-electron chi connectivity index (χ2n) is 14.2. The molecule has 4 aromatic carbocycles. The Morgan fingerprint density at radius 3 is 1.47 bits per heavy atom. The van der Waals surface area contributed by atoms with E-state index in [4.69, 9.17) is 29.4 Å². The average Bonchev–Trinajstić information content (AvgIpc) is 3.98. The maximum absolute atomic E-state index is 13.4. The Morgan fingerprint density at radius 1 is 0.545 bits per heavy atom. The first kappa shape index (κ1) is 33.1. The Labute approximate surface area is 321 Å². The third kappa shape index (κ3) is 5.44. The Bertz CT molecular complexity index is 3220. The Kier molecular flexibility index (Phi) is 7.38. The maximum atomic E-state index is 13.4. The first-order chi connectivity index (χ1) is 26.6. The molecule has 6 heterocycles. The van der Waals surface area contributed by atoms with Crippen molar-refractivity contribution in [3.8, 4) is 30.6 Å². The van der Waals surface area contributed by atoms with Gasteiger partial charge in [-0.25, -0.2) is 38.7 Å². The van der Waals surface area contributed by atoms with E-state index in [1.165, 1.54) is 16.2 Å². The van der Waals surface area contributed by atoms with Crippen LogP contribution in [0.25, 0.3) is 96.8 Å². The molecule has 10 aromatic rings. The minimum Gasteiger partial charge on any atom is -0.452 e. The van der Waals surface area contributed by atoms with E-state index in [0.717, 1.165) is 52.4 Å². The summed E-state index contributed by atoms with van der Waals surface area (Å²) in [7, 11) is 1.36. The number of methoxy groups -OCH3 is 1. The molecule has 268 valence electrons. The summed E-state index contributed by atoms with van der Waals surface area (Å²) < 4.78 is 13.9. The summed E-state index contributed by atoms with van der Waals surface area (Å²) in [6.45, 7) is 5.55. The summed E-state index contributed by atoms with van der Waals surface area (Å²) in [5.41, 5.74) is 7.88. The van der Waals surface area contributed by atoms with Crippen LogP contribution in [0, 0.1) is 0 Å². The molecule has 0 N–H and O–H groups in total. The van der Waals surface area contributed by atoms with Gasteiger partial charge in [0.1, 0.15) is 16.6 Å². The highest BCUT2D eigenvalue weighted by Gasteiger charge is 2.25. The standard InChI is InChI=1S/C43H30N6O4S2/c1-43(2,3)53-42(51)49-32-12-8-6-10-26(32)38-40(49)47-30-22-24(14-16-28(30)45-38)34-18-20-36(55-34)35-19-17-33(54-35)23-13-15-27-29(21-23)46-39-37(44-27)25-9-5-7-11-31(25)48(39)41(50)52-4/h5-22H,1-4H3. The van der Waals surface area contributed by atoms with Crippen LogP contribution >= 0.6 is 22.7 Å². The van der Waals surface area contributed by atoms with Crippen molar-refractivity contribution in [1.82, 2.24) is 29.1 Å². The summed E-state index contributed by atoms with van der Waals surface area (Å²) in [4.78, 5) is 50.5. The van der Waals surface area contributed by atoms with Gasteiger partial charge in [-0.3, -0.25) is 0 Å². The number of carbonyl (C=O) groups is 2. The number of thiophene rings is 2. The van der Waals surface area contributed by atoms with Crippen LogP contribution in [0.4, 0.5) is 9.59 Å². The lowest BCUT2D eigenvalue weighted by Gasteiger charge is -2.20. The summed E-state index contributed by atoms with van der Waals surface area (Å²) in [6, 6.07) is 36.0. The molecule has 0 aliphatic heterocycles. The molecule has 55 heavy (non-hydrogen) atoms. The molecule has 0 spiro atoms. The predicted octanol–water partition coefficient (Wildman–Crippen LogP) is 11.3. The fourth-order valence-corrected chi connectivity index (χ4v) is 9.15. The second-order valence-corrected chi connectivity index (χ2v) is 16.3. The van der Waals surface area contributed by atoms with E-state index in [0.29, 0.717) is 44.4 Å². The van der Waals surface area contributed by atoms with E-state index in [1.54, 1.807) is 22.7 Å². The van der Waals surface area contributed by atoms with Crippen molar-refractivity contribution in [3.63, 3.8) is 0 Å². The minimum absolute atomic E-state index is 0.463. The van der Waals surface area contributed by atoms with Crippen LogP contribution in [0.1, 0.15) is 20.8 Å². The molecule has 0 unspecified atom stereocenters. The molecule has 0 radical (unpaired) electrons.